The maximum Gasteiger partial charge on any atom is 0.134 e. The predicted molar refractivity (Wildman–Crippen MR) is 345 cm³/mol. The molecule has 0 spiro atoms. The van der Waals surface area contributed by atoms with Gasteiger partial charge in [0.2, 0.25) is 0 Å². The number of aryl methyl sites for hydroxylation is 3. The highest BCUT2D eigenvalue weighted by Crippen LogP contribution is 2.36. The quantitative estimate of drug-likeness (QED) is 0.0613. The Morgan fingerprint density at radius 2 is 1.11 bits per heavy atom. The highest BCUT2D eigenvalue weighted by atomic mass is 16.3. The lowest BCUT2D eigenvalue weighted by atomic mass is 9.78. The second-order valence-electron chi connectivity index (χ2n) is 19.1. The van der Waals surface area contributed by atoms with Gasteiger partial charge in [0.25, 0.3) is 0 Å². The third kappa shape index (κ3) is 25.3. The van der Waals surface area contributed by atoms with Gasteiger partial charge in [-0.1, -0.05) is 269 Å². The van der Waals surface area contributed by atoms with Crippen LogP contribution in [-0.4, -0.2) is 13.6 Å². The van der Waals surface area contributed by atoms with E-state index in [4.69, 9.17) is 4.42 Å². The molecule has 0 atom stereocenters. The first-order valence-electron chi connectivity index (χ1n) is 28.6. The minimum absolute atomic E-state index is 0.595. The van der Waals surface area contributed by atoms with Gasteiger partial charge in [-0.2, -0.15) is 0 Å². The van der Waals surface area contributed by atoms with Crippen LogP contribution in [0, 0.1) is 26.7 Å². The first-order chi connectivity index (χ1) is 36.9. The molecule has 6 aromatic carbocycles. The van der Waals surface area contributed by atoms with Gasteiger partial charge in [-0.3, -0.25) is 0 Å². The summed E-state index contributed by atoms with van der Waals surface area (Å²) in [4.78, 5) is 2.17. The fourth-order valence-corrected chi connectivity index (χ4v) is 8.01. The number of nitrogens with zero attached hydrogens (tertiary/aromatic N) is 1. The highest BCUT2D eigenvalue weighted by molar-refractivity contribution is 5.77. The fraction of sp³-hybridized carbons (Fsp3) is 0.351. The molecule has 0 aliphatic heterocycles. The van der Waals surface area contributed by atoms with Crippen molar-refractivity contribution >= 4 is 22.2 Å². The van der Waals surface area contributed by atoms with E-state index >= 15 is 0 Å². The Bertz CT molecular complexity index is 2600. The van der Waals surface area contributed by atoms with Gasteiger partial charge in [0.1, 0.15) is 11.3 Å². The molecule has 0 amide bonds. The lowest BCUT2D eigenvalue weighted by molar-refractivity contribution is 0.367. The van der Waals surface area contributed by atoms with Crippen molar-refractivity contribution in [2.24, 2.45) is 5.92 Å². The number of hydrogen-bond donors (Lipinski definition) is 0. The zero-order valence-corrected chi connectivity index (χ0v) is 50.3. The SMILES string of the molecule is C=C.C=CCN(C)c1ccc(-c2ccc(C)cc2)cc1.CC.CC.CCCCCC.CC\C=C/C(/C=C(\C)c1ccc(C(C)C)cc1)=C(\C)C1CCC1.Cc1cc2ccccc2o1.Cc1ccc(-c2ccccc2)cc1. The molecular weight excluding hydrogens is 919 g/mol. The number of allylic oxidation sites excluding steroid dienone is 6. The molecule has 0 radical (unpaired) electrons. The Morgan fingerprint density at radius 1 is 0.632 bits per heavy atom. The molecule has 1 aromatic heterocycles. The van der Waals surface area contributed by atoms with Crippen LogP contribution in [0.15, 0.2) is 217 Å². The summed E-state index contributed by atoms with van der Waals surface area (Å²) in [5.41, 5.74) is 17.0. The van der Waals surface area contributed by atoms with Crippen molar-refractivity contribution in [1.82, 2.24) is 0 Å². The normalized spacial score (nSPS) is 11.7. The molecule has 2 nitrogen and oxygen atoms in total. The summed E-state index contributed by atoms with van der Waals surface area (Å²) in [6.07, 6.45) is 19.6. The summed E-state index contributed by atoms with van der Waals surface area (Å²) in [5.74, 6) is 2.37. The van der Waals surface area contributed by atoms with E-state index in [1.165, 1.54) is 112 Å². The zero-order chi connectivity index (χ0) is 56.7. The van der Waals surface area contributed by atoms with Crippen molar-refractivity contribution < 1.29 is 4.42 Å². The minimum atomic E-state index is 0.595. The molecule has 2 heteroatoms. The molecule has 76 heavy (non-hydrogen) atoms. The maximum absolute atomic E-state index is 5.37. The average Bonchev–Trinajstić information content (AvgIpc) is 3.84. The van der Waals surface area contributed by atoms with Crippen LogP contribution in [0.2, 0.25) is 0 Å². The molecule has 1 fully saturated rings. The van der Waals surface area contributed by atoms with Crippen LogP contribution in [0.1, 0.15) is 161 Å². The van der Waals surface area contributed by atoms with E-state index in [9.17, 15) is 0 Å². The van der Waals surface area contributed by atoms with Crippen LogP contribution in [0.25, 0.3) is 38.8 Å². The van der Waals surface area contributed by atoms with Crippen molar-refractivity contribution in [3.8, 4) is 22.3 Å². The Hall–Kier alpha value is -6.64. The van der Waals surface area contributed by atoms with Crippen LogP contribution in [0.4, 0.5) is 5.69 Å². The first kappa shape index (κ1) is 67.4. The van der Waals surface area contributed by atoms with Crippen molar-refractivity contribution in [1.29, 1.82) is 0 Å². The fourth-order valence-electron chi connectivity index (χ4n) is 8.01. The number of likely N-dealkylation sites (N-methyl/N-ethyl adjacent to an activating group) is 1. The van der Waals surface area contributed by atoms with Crippen molar-refractivity contribution in [2.45, 2.75) is 154 Å². The van der Waals surface area contributed by atoms with E-state index in [1.807, 2.05) is 77.1 Å². The lowest BCUT2D eigenvalue weighted by Gasteiger charge is -2.27. The maximum atomic E-state index is 5.37. The number of benzene rings is 6. The summed E-state index contributed by atoms with van der Waals surface area (Å²) in [6.45, 7) is 40.5. The second-order valence-corrected chi connectivity index (χ2v) is 19.1. The third-order valence-electron chi connectivity index (χ3n) is 12.9. The smallest absolute Gasteiger partial charge is 0.134 e. The van der Waals surface area contributed by atoms with E-state index in [0.717, 1.165) is 30.2 Å². The molecule has 1 aliphatic carbocycles. The Balaban J connectivity index is 0.000000487. The van der Waals surface area contributed by atoms with Crippen LogP contribution in [0.5, 0.6) is 0 Å². The van der Waals surface area contributed by atoms with E-state index < -0.39 is 0 Å². The molecule has 0 unspecified atom stereocenters. The van der Waals surface area contributed by atoms with Gasteiger partial charge in [0, 0.05) is 24.7 Å². The molecule has 8 rings (SSSR count). The summed E-state index contributed by atoms with van der Waals surface area (Å²) in [5, 5.41) is 1.18. The standard InChI is InChI=1S/C23H32.C17H19N.C13H12.C9H8O.C6H14.2C2H6.C2H4/c1-6-7-9-23(19(5)22-10-8-11-22)16-18(4)21-14-12-20(13-15-21)17(2)3;1-4-13-18(3)17-11-9-16(10-12-17)15-7-5-14(2)6-8-15;1-11-7-9-13(10-8-11)12-5-3-2-4-6-12;1-7-6-8-4-2-3-5-9(8)10-7;1-3-5-6-4-2;3*1-2/h7,9,12-17,22H,6,8,10-11H2,1-5H3;4-12H,1,13H2,2-3H3;2-10H,1H3;2-6H,1H3;3-6H2,1-2H3;2*1-2H3;1-2H2/b9-7-,18-16+,23-19-;;;;;;;. The van der Waals surface area contributed by atoms with Crippen LogP contribution in [-0.2, 0) is 0 Å². The summed E-state index contributed by atoms with van der Waals surface area (Å²) >= 11 is 0. The summed E-state index contributed by atoms with van der Waals surface area (Å²) in [7, 11) is 2.07. The van der Waals surface area contributed by atoms with Gasteiger partial charge in [0.15, 0.2) is 0 Å². The molecule has 408 valence electrons. The van der Waals surface area contributed by atoms with Crippen LogP contribution in [0.3, 0.4) is 0 Å². The van der Waals surface area contributed by atoms with Gasteiger partial charge in [0.05, 0.1) is 0 Å². The molecule has 0 bridgehead atoms. The topological polar surface area (TPSA) is 16.4 Å². The number of hydrogen-bond acceptors (Lipinski definition) is 2. The molecule has 1 heterocycles. The van der Waals surface area contributed by atoms with E-state index in [1.54, 1.807) is 5.57 Å². The number of fused-ring (bicyclic) bond motifs is 1. The zero-order valence-electron chi connectivity index (χ0n) is 50.3. The Kier molecular flexibility index (Phi) is 36.0. The van der Waals surface area contributed by atoms with E-state index in [-0.39, 0.29) is 0 Å². The molecule has 0 N–H and O–H groups in total. The lowest BCUT2D eigenvalue weighted by Crippen LogP contribution is -2.16. The minimum Gasteiger partial charge on any atom is -0.461 e. The highest BCUT2D eigenvalue weighted by Gasteiger charge is 2.20. The van der Waals surface area contributed by atoms with Crippen molar-refractivity contribution in [2.75, 3.05) is 18.5 Å². The van der Waals surface area contributed by atoms with Gasteiger partial charge < -0.3 is 9.32 Å². The number of rotatable bonds is 14. The van der Waals surface area contributed by atoms with Gasteiger partial charge in [-0.25, -0.2) is 0 Å². The van der Waals surface area contributed by atoms with Gasteiger partial charge >= 0.3 is 0 Å². The second kappa shape index (κ2) is 40.6. The predicted octanol–water partition coefficient (Wildman–Crippen LogP) is 23.4. The Morgan fingerprint density at radius 3 is 1.54 bits per heavy atom. The molecular formula is C74H101NO. The molecule has 1 aliphatic rings. The number of anilines is 1. The number of unbranched alkanes of at least 4 members (excludes halogenated alkanes) is 3. The molecule has 1 saturated carbocycles. The van der Waals surface area contributed by atoms with Gasteiger partial charge in [-0.05, 0) is 135 Å². The summed E-state index contributed by atoms with van der Waals surface area (Å²) < 4.78 is 5.37. The van der Waals surface area contributed by atoms with Crippen molar-refractivity contribution in [3.05, 3.63) is 241 Å². The van der Waals surface area contributed by atoms with Crippen molar-refractivity contribution in [3.63, 3.8) is 0 Å². The molecule has 7 aromatic rings. The largest absolute Gasteiger partial charge is 0.461 e. The Labute approximate surface area is 466 Å². The van der Waals surface area contributed by atoms with E-state index in [2.05, 4.69) is 234 Å². The first-order valence-corrected chi connectivity index (χ1v) is 28.6. The van der Waals surface area contributed by atoms with Gasteiger partial charge in [-0.15, -0.1) is 19.7 Å². The average molecular weight is 1020 g/mol. The summed E-state index contributed by atoms with van der Waals surface area (Å²) in [6, 6.07) is 55.4. The number of furan rings is 1. The van der Waals surface area contributed by atoms with Crippen LogP contribution < -0.4 is 4.90 Å². The van der Waals surface area contributed by atoms with E-state index in [0.29, 0.717) is 5.92 Å². The number of para-hydroxylation sites is 1. The third-order valence-corrected chi connectivity index (χ3v) is 12.9. The molecule has 0 saturated heterocycles. The monoisotopic (exact) mass is 1020 g/mol. The van der Waals surface area contributed by atoms with Crippen LogP contribution >= 0.6 is 0 Å².